The van der Waals surface area contributed by atoms with Gasteiger partial charge in [0.05, 0.1) is 6.61 Å². The van der Waals surface area contributed by atoms with E-state index in [1.807, 2.05) is 23.1 Å². The molecule has 0 radical (unpaired) electrons. The van der Waals surface area contributed by atoms with E-state index in [2.05, 4.69) is 48.2 Å². The number of morpholine rings is 1. The minimum atomic E-state index is -0.616. The van der Waals surface area contributed by atoms with Gasteiger partial charge < -0.3 is 9.64 Å². The molecule has 4 nitrogen and oxygen atoms in total. The number of benzene rings is 2. The van der Waals surface area contributed by atoms with E-state index in [0.717, 1.165) is 32.5 Å². The Kier molecular flexibility index (Phi) is 5.28. The van der Waals surface area contributed by atoms with Crippen molar-refractivity contribution in [1.29, 1.82) is 0 Å². The van der Waals surface area contributed by atoms with Crippen LogP contribution in [-0.4, -0.2) is 47.5 Å². The third kappa shape index (κ3) is 3.92. The highest BCUT2D eigenvalue weighted by Crippen LogP contribution is 2.32. The van der Waals surface area contributed by atoms with E-state index in [0.29, 0.717) is 19.7 Å². The van der Waals surface area contributed by atoms with E-state index >= 15 is 0 Å². The molecular weight excluding hydrogens is 336 g/mol. The molecule has 0 aromatic heterocycles. The van der Waals surface area contributed by atoms with Crippen molar-refractivity contribution in [3.63, 3.8) is 0 Å². The van der Waals surface area contributed by atoms with Crippen molar-refractivity contribution in [2.45, 2.75) is 38.5 Å². The number of carbonyl (C=O) groups is 1. The fourth-order valence-corrected chi connectivity index (χ4v) is 4.22. The summed E-state index contributed by atoms with van der Waals surface area (Å²) in [6.07, 6.45) is 1.56. The predicted octanol–water partition coefficient (Wildman–Crippen LogP) is 3.39. The average molecular weight is 364 g/mol. The molecule has 1 amide bonds. The van der Waals surface area contributed by atoms with Crippen molar-refractivity contribution in [1.82, 2.24) is 9.80 Å². The lowest BCUT2D eigenvalue weighted by Gasteiger charge is -2.46. The second-order valence-electron chi connectivity index (χ2n) is 7.76. The summed E-state index contributed by atoms with van der Waals surface area (Å²) < 4.78 is 6.09. The molecule has 0 aliphatic carbocycles. The molecule has 2 aromatic carbocycles. The maximum Gasteiger partial charge on any atom is 0.255 e. The van der Waals surface area contributed by atoms with Crippen molar-refractivity contribution in [3.05, 3.63) is 71.3 Å². The highest BCUT2D eigenvalue weighted by atomic mass is 16.5. The monoisotopic (exact) mass is 364 g/mol. The Morgan fingerprint density at radius 1 is 0.926 bits per heavy atom. The van der Waals surface area contributed by atoms with Crippen LogP contribution in [0.5, 0.6) is 0 Å². The zero-order valence-electron chi connectivity index (χ0n) is 16.1. The number of likely N-dealkylation sites (tertiary alicyclic amines) is 1. The van der Waals surface area contributed by atoms with E-state index in [4.69, 9.17) is 4.74 Å². The number of nitrogens with zero attached hydrogens (tertiary/aromatic N) is 2. The van der Waals surface area contributed by atoms with Crippen molar-refractivity contribution in [3.8, 4) is 0 Å². The lowest BCUT2D eigenvalue weighted by Crippen LogP contribution is -2.60. The number of ether oxygens (including phenoxy) is 1. The largest absolute Gasteiger partial charge is 0.363 e. The highest BCUT2D eigenvalue weighted by Gasteiger charge is 2.47. The molecule has 4 heteroatoms. The van der Waals surface area contributed by atoms with E-state index in [1.54, 1.807) is 0 Å². The number of aryl methyl sites for hydroxylation is 1. The van der Waals surface area contributed by atoms with Gasteiger partial charge in [-0.1, -0.05) is 54.6 Å². The van der Waals surface area contributed by atoms with Gasteiger partial charge in [0, 0.05) is 32.7 Å². The fourth-order valence-electron chi connectivity index (χ4n) is 4.22. The molecule has 2 aliphatic rings. The van der Waals surface area contributed by atoms with Gasteiger partial charge in [-0.25, -0.2) is 0 Å². The molecule has 0 bridgehead atoms. The summed E-state index contributed by atoms with van der Waals surface area (Å²) in [7, 11) is 0. The van der Waals surface area contributed by atoms with Crippen LogP contribution in [-0.2, 0) is 22.6 Å². The molecule has 0 N–H and O–H groups in total. The first-order valence-corrected chi connectivity index (χ1v) is 9.90. The van der Waals surface area contributed by atoms with E-state index < -0.39 is 5.60 Å². The lowest BCUT2D eigenvalue weighted by molar-refractivity contribution is -0.180. The third-order valence-electron chi connectivity index (χ3n) is 5.95. The van der Waals surface area contributed by atoms with Gasteiger partial charge >= 0.3 is 0 Å². The maximum atomic E-state index is 13.2. The molecule has 2 saturated heterocycles. The minimum Gasteiger partial charge on any atom is -0.363 e. The van der Waals surface area contributed by atoms with Gasteiger partial charge in [-0.3, -0.25) is 9.69 Å². The second-order valence-corrected chi connectivity index (χ2v) is 7.76. The molecule has 142 valence electrons. The van der Waals surface area contributed by atoms with Crippen LogP contribution in [0.25, 0.3) is 0 Å². The zero-order valence-corrected chi connectivity index (χ0v) is 16.1. The van der Waals surface area contributed by atoms with Crippen LogP contribution in [0, 0.1) is 6.92 Å². The fraction of sp³-hybridized carbons (Fsp3) is 0.435. The van der Waals surface area contributed by atoms with Gasteiger partial charge in [-0.15, -0.1) is 0 Å². The Hall–Kier alpha value is -2.17. The lowest BCUT2D eigenvalue weighted by atomic mass is 9.88. The molecule has 4 rings (SSSR count). The summed E-state index contributed by atoms with van der Waals surface area (Å²) in [5.74, 6) is 0.174. The van der Waals surface area contributed by atoms with E-state index in [-0.39, 0.29) is 5.91 Å². The van der Waals surface area contributed by atoms with Gasteiger partial charge in [0.15, 0.2) is 0 Å². The molecule has 27 heavy (non-hydrogen) atoms. The molecular formula is C23H28N2O2. The quantitative estimate of drug-likeness (QED) is 0.834. The third-order valence-corrected chi connectivity index (χ3v) is 5.95. The summed E-state index contributed by atoms with van der Waals surface area (Å²) in [6, 6.07) is 18.8. The van der Waals surface area contributed by atoms with Crippen LogP contribution in [0.2, 0.25) is 0 Å². The van der Waals surface area contributed by atoms with Crippen molar-refractivity contribution in [2.24, 2.45) is 0 Å². The second kappa shape index (κ2) is 7.83. The Morgan fingerprint density at radius 2 is 1.63 bits per heavy atom. The van der Waals surface area contributed by atoms with Gasteiger partial charge in [0.2, 0.25) is 0 Å². The number of carbonyl (C=O) groups excluding carboxylic acids is 1. The Balaban J connectivity index is 1.39. The smallest absolute Gasteiger partial charge is 0.255 e. The van der Waals surface area contributed by atoms with Crippen LogP contribution in [0.3, 0.4) is 0 Å². The topological polar surface area (TPSA) is 32.8 Å². The summed E-state index contributed by atoms with van der Waals surface area (Å²) in [5.41, 5.74) is 3.27. The zero-order chi connectivity index (χ0) is 18.7. The van der Waals surface area contributed by atoms with Crippen molar-refractivity contribution in [2.75, 3.05) is 26.2 Å². The number of hydrogen-bond donors (Lipinski definition) is 0. The Bertz CT molecular complexity index is 782. The summed E-state index contributed by atoms with van der Waals surface area (Å²) in [5, 5.41) is 0. The van der Waals surface area contributed by atoms with Crippen molar-refractivity contribution < 1.29 is 9.53 Å². The van der Waals surface area contributed by atoms with Crippen LogP contribution in [0.15, 0.2) is 54.6 Å². The van der Waals surface area contributed by atoms with Crippen LogP contribution in [0.1, 0.15) is 29.5 Å². The predicted molar refractivity (Wildman–Crippen MR) is 106 cm³/mol. The number of rotatable bonds is 4. The minimum absolute atomic E-state index is 0.174. The standard InChI is InChI=1S/C23H28N2O2/c1-19-7-5-6-10-21(19)18-24-13-11-23(12-14-24)22(26)25(15-16-27-23)17-20-8-3-2-4-9-20/h2-10H,11-18H2,1H3. The first-order chi connectivity index (χ1) is 13.2. The van der Waals surface area contributed by atoms with Gasteiger partial charge in [0.25, 0.3) is 5.91 Å². The van der Waals surface area contributed by atoms with Crippen LogP contribution >= 0.6 is 0 Å². The SMILES string of the molecule is Cc1ccccc1CN1CCC2(CC1)OCCN(Cc1ccccc1)C2=O. The van der Waals surface area contributed by atoms with Crippen LogP contribution in [0.4, 0.5) is 0 Å². The summed E-state index contributed by atoms with van der Waals surface area (Å²) >= 11 is 0. The maximum absolute atomic E-state index is 13.2. The Morgan fingerprint density at radius 3 is 2.37 bits per heavy atom. The molecule has 2 heterocycles. The van der Waals surface area contributed by atoms with Gasteiger partial charge in [-0.05, 0) is 36.5 Å². The molecule has 0 unspecified atom stereocenters. The first-order valence-electron chi connectivity index (χ1n) is 9.90. The Labute approximate surface area is 161 Å². The molecule has 2 fully saturated rings. The van der Waals surface area contributed by atoms with Gasteiger partial charge in [-0.2, -0.15) is 0 Å². The van der Waals surface area contributed by atoms with E-state index in [9.17, 15) is 4.79 Å². The van der Waals surface area contributed by atoms with Crippen molar-refractivity contribution >= 4 is 5.91 Å². The van der Waals surface area contributed by atoms with Gasteiger partial charge in [0.1, 0.15) is 5.60 Å². The molecule has 0 atom stereocenters. The molecule has 0 saturated carbocycles. The summed E-state index contributed by atoms with van der Waals surface area (Å²) in [4.78, 5) is 17.6. The normalized spacial score (nSPS) is 20.2. The number of amides is 1. The molecule has 2 aliphatic heterocycles. The summed E-state index contributed by atoms with van der Waals surface area (Å²) in [6.45, 7) is 6.91. The van der Waals surface area contributed by atoms with E-state index in [1.165, 1.54) is 16.7 Å². The number of piperidine rings is 1. The molecule has 1 spiro atoms. The van der Waals surface area contributed by atoms with Crippen LogP contribution < -0.4 is 0 Å². The number of hydrogen-bond acceptors (Lipinski definition) is 3. The molecule has 2 aromatic rings. The highest BCUT2D eigenvalue weighted by molar-refractivity contribution is 5.86. The first kappa shape index (κ1) is 18.2. The average Bonchev–Trinajstić information content (AvgIpc) is 2.70.